The van der Waals surface area contributed by atoms with Crippen LogP contribution in [-0.4, -0.2) is 25.0 Å². The average molecular weight is 476 g/mol. The van der Waals surface area contributed by atoms with Crippen LogP contribution in [0, 0.1) is 0 Å². The predicted molar refractivity (Wildman–Crippen MR) is 108 cm³/mol. The molecule has 0 radical (unpaired) electrons. The first kappa shape index (κ1) is 20.0. The standard InChI is InChI=1S/C21H13BrF3N3O2/c22-13-6-8-14(9-7-13)28-20(16-3-1-2-4-17(16)29)26-19(27-28)15-10-5-12(11-18(15)30)21(23,24)25/h1-11,29-30H. The van der Waals surface area contributed by atoms with Crippen molar-refractivity contribution in [2.24, 2.45) is 0 Å². The van der Waals surface area contributed by atoms with Crippen molar-refractivity contribution >= 4 is 15.9 Å². The molecule has 2 N–H and O–H groups in total. The van der Waals surface area contributed by atoms with E-state index in [1.807, 2.05) is 0 Å². The van der Waals surface area contributed by atoms with Crippen LogP contribution in [0.1, 0.15) is 5.56 Å². The molecule has 3 aromatic carbocycles. The van der Waals surface area contributed by atoms with Crippen LogP contribution >= 0.6 is 15.9 Å². The van der Waals surface area contributed by atoms with Gasteiger partial charge in [0.15, 0.2) is 11.6 Å². The van der Waals surface area contributed by atoms with Crippen molar-refractivity contribution in [1.82, 2.24) is 14.8 Å². The van der Waals surface area contributed by atoms with Gasteiger partial charge in [0.25, 0.3) is 0 Å². The average Bonchev–Trinajstić information content (AvgIpc) is 3.13. The summed E-state index contributed by atoms with van der Waals surface area (Å²) in [5.41, 5.74) is 0.0553. The molecule has 0 spiro atoms. The Morgan fingerprint density at radius 1 is 0.833 bits per heavy atom. The normalized spacial score (nSPS) is 11.6. The van der Waals surface area contributed by atoms with Crippen LogP contribution in [0.4, 0.5) is 13.2 Å². The van der Waals surface area contributed by atoms with Gasteiger partial charge in [-0.2, -0.15) is 13.2 Å². The van der Waals surface area contributed by atoms with Gasteiger partial charge >= 0.3 is 6.18 Å². The topological polar surface area (TPSA) is 71.2 Å². The van der Waals surface area contributed by atoms with Crippen LogP contribution in [0.3, 0.4) is 0 Å². The van der Waals surface area contributed by atoms with E-state index < -0.39 is 17.5 Å². The van der Waals surface area contributed by atoms with E-state index in [0.717, 1.165) is 16.6 Å². The Kier molecular flexibility index (Phi) is 4.98. The molecule has 1 heterocycles. The van der Waals surface area contributed by atoms with Gasteiger partial charge in [-0.15, -0.1) is 5.10 Å². The highest BCUT2D eigenvalue weighted by atomic mass is 79.9. The first-order chi connectivity index (χ1) is 14.2. The molecule has 30 heavy (non-hydrogen) atoms. The number of para-hydroxylation sites is 1. The summed E-state index contributed by atoms with van der Waals surface area (Å²) in [5, 5.41) is 24.9. The zero-order chi connectivity index (χ0) is 21.5. The number of phenols is 2. The van der Waals surface area contributed by atoms with E-state index in [1.54, 1.807) is 42.5 Å². The maximum absolute atomic E-state index is 12.9. The molecular weight excluding hydrogens is 463 g/mol. The summed E-state index contributed by atoms with van der Waals surface area (Å²) in [6, 6.07) is 16.2. The fraction of sp³-hybridized carbons (Fsp3) is 0.0476. The van der Waals surface area contributed by atoms with Crippen LogP contribution in [0.2, 0.25) is 0 Å². The molecule has 152 valence electrons. The highest BCUT2D eigenvalue weighted by Crippen LogP contribution is 2.37. The second kappa shape index (κ2) is 7.49. The van der Waals surface area contributed by atoms with E-state index in [2.05, 4.69) is 26.0 Å². The Bertz CT molecular complexity index is 1220. The van der Waals surface area contributed by atoms with Crippen molar-refractivity contribution in [3.05, 3.63) is 76.8 Å². The number of rotatable bonds is 3. The third-order valence-electron chi connectivity index (χ3n) is 4.39. The van der Waals surface area contributed by atoms with E-state index in [0.29, 0.717) is 17.3 Å². The molecule has 0 bridgehead atoms. The van der Waals surface area contributed by atoms with Crippen molar-refractivity contribution in [2.45, 2.75) is 6.18 Å². The lowest BCUT2D eigenvalue weighted by Gasteiger charge is -2.08. The fourth-order valence-corrected chi connectivity index (χ4v) is 3.19. The lowest BCUT2D eigenvalue weighted by Crippen LogP contribution is -2.04. The smallest absolute Gasteiger partial charge is 0.416 e. The summed E-state index contributed by atoms with van der Waals surface area (Å²) >= 11 is 3.36. The van der Waals surface area contributed by atoms with E-state index in [4.69, 9.17) is 0 Å². The second-order valence-corrected chi connectivity index (χ2v) is 7.31. The van der Waals surface area contributed by atoms with Gasteiger partial charge in [0.05, 0.1) is 22.4 Å². The van der Waals surface area contributed by atoms with Crippen LogP contribution in [0.25, 0.3) is 28.5 Å². The summed E-state index contributed by atoms with van der Waals surface area (Å²) in [4.78, 5) is 4.40. The minimum absolute atomic E-state index is 0.0161. The van der Waals surface area contributed by atoms with Gasteiger partial charge in [0.2, 0.25) is 0 Å². The van der Waals surface area contributed by atoms with Crippen molar-refractivity contribution in [1.29, 1.82) is 0 Å². The molecule has 0 fully saturated rings. The lowest BCUT2D eigenvalue weighted by atomic mass is 10.1. The second-order valence-electron chi connectivity index (χ2n) is 6.39. The molecule has 0 saturated carbocycles. The molecule has 0 amide bonds. The number of aromatic nitrogens is 3. The number of aromatic hydroxyl groups is 2. The number of halogens is 4. The summed E-state index contributed by atoms with van der Waals surface area (Å²) in [5.74, 6) is -0.347. The SMILES string of the molecule is Oc1cc(C(F)(F)F)ccc1-c1nc(-c2ccccc2O)n(-c2ccc(Br)cc2)n1. The number of benzene rings is 3. The van der Waals surface area contributed by atoms with E-state index >= 15 is 0 Å². The molecule has 0 aliphatic carbocycles. The molecule has 0 unspecified atom stereocenters. The van der Waals surface area contributed by atoms with Crippen LogP contribution in [0.5, 0.6) is 11.5 Å². The van der Waals surface area contributed by atoms with Gasteiger partial charge in [0.1, 0.15) is 11.5 Å². The number of hydrogen-bond donors (Lipinski definition) is 2. The Labute approximate surface area is 177 Å². The van der Waals surface area contributed by atoms with Gasteiger partial charge in [0, 0.05) is 4.47 Å². The van der Waals surface area contributed by atoms with Gasteiger partial charge in [-0.1, -0.05) is 28.1 Å². The van der Waals surface area contributed by atoms with Crippen molar-refractivity contribution in [3.63, 3.8) is 0 Å². The third kappa shape index (κ3) is 3.76. The molecule has 0 saturated heterocycles. The third-order valence-corrected chi connectivity index (χ3v) is 4.92. The fourth-order valence-electron chi connectivity index (χ4n) is 2.92. The van der Waals surface area contributed by atoms with Crippen LogP contribution < -0.4 is 0 Å². The highest BCUT2D eigenvalue weighted by molar-refractivity contribution is 9.10. The minimum atomic E-state index is -4.58. The zero-order valence-electron chi connectivity index (χ0n) is 15.1. The zero-order valence-corrected chi connectivity index (χ0v) is 16.7. The summed E-state index contributed by atoms with van der Waals surface area (Å²) in [6.07, 6.45) is -4.58. The summed E-state index contributed by atoms with van der Waals surface area (Å²) < 4.78 is 41.0. The van der Waals surface area contributed by atoms with E-state index in [-0.39, 0.29) is 23.0 Å². The van der Waals surface area contributed by atoms with Crippen molar-refractivity contribution in [3.8, 4) is 40.0 Å². The number of hydrogen-bond acceptors (Lipinski definition) is 4. The minimum Gasteiger partial charge on any atom is -0.507 e. The van der Waals surface area contributed by atoms with E-state index in [9.17, 15) is 23.4 Å². The first-order valence-corrected chi connectivity index (χ1v) is 9.45. The summed E-state index contributed by atoms with van der Waals surface area (Å²) in [7, 11) is 0. The molecule has 4 rings (SSSR count). The Balaban J connectivity index is 1.90. The molecule has 9 heteroatoms. The van der Waals surface area contributed by atoms with Crippen LogP contribution in [0.15, 0.2) is 71.2 Å². The molecular formula is C21H13BrF3N3O2. The Morgan fingerprint density at radius 3 is 2.17 bits per heavy atom. The Hall–Kier alpha value is -3.33. The quantitative estimate of drug-likeness (QED) is 0.393. The number of nitrogens with zero attached hydrogens (tertiary/aromatic N) is 3. The predicted octanol–water partition coefficient (Wildman–Crippen LogP) is 5.79. The largest absolute Gasteiger partial charge is 0.507 e. The highest BCUT2D eigenvalue weighted by Gasteiger charge is 2.31. The summed E-state index contributed by atoms with van der Waals surface area (Å²) in [6.45, 7) is 0. The van der Waals surface area contributed by atoms with Crippen molar-refractivity contribution in [2.75, 3.05) is 0 Å². The molecule has 0 aliphatic heterocycles. The van der Waals surface area contributed by atoms with E-state index in [1.165, 1.54) is 10.7 Å². The van der Waals surface area contributed by atoms with Gasteiger partial charge in [-0.25, -0.2) is 9.67 Å². The maximum Gasteiger partial charge on any atom is 0.416 e. The van der Waals surface area contributed by atoms with Gasteiger partial charge in [-0.3, -0.25) is 0 Å². The lowest BCUT2D eigenvalue weighted by molar-refractivity contribution is -0.137. The number of phenolic OH excluding ortho intramolecular Hbond substituents is 2. The molecule has 5 nitrogen and oxygen atoms in total. The van der Waals surface area contributed by atoms with Crippen LogP contribution in [-0.2, 0) is 6.18 Å². The number of alkyl halides is 3. The first-order valence-electron chi connectivity index (χ1n) is 8.66. The molecule has 4 aromatic rings. The van der Waals surface area contributed by atoms with Gasteiger partial charge < -0.3 is 10.2 Å². The monoisotopic (exact) mass is 475 g/mol. The molecule has 1 aromatic heterocycles. The molecule has 0 aliphatic rings. The Morgan fingerprint density at radius 2 is 1.53 bits per heavy atom. The molecule has 0 atom stereocenters. The van der Waals surface area contributed by atoms with Crippen molar-refractivity contribution < 1.29 is 23.4 Å². The maximum atomic E-state index is 12.9. The van der Waals surface area contributed by atoms with Gasteiger partial charge in [-0.05, 0) is 54.6 Å².